The van der Waals surface area contributed by atoms with E-state index in [2.05, 4.69) is 53.7 Å². The highest BCUT2D eigenvalue weighted by Gasteiger charge is 2.27. The zero-order valence-corrected chi connectivity index (χ0v) is 19.2. The van der Waals surface area contributed by atoms with Gasteiger partial charge in [-0.25, -0.2) is 0 Å². The Bertz CT molecular complexity index is 1150. The Balaban J connectivity index is 1.50. The van der Waals surface area contributed by atoms with Gasteiger partial charge in [-0.2, -0.15) is 5.10 Å². The molecule has 1 N–H and O–H groups in total. The van der Waals surface area contributed by atoms with Crippen molar-refractivity contribution in [1.29, 1.82) is 0 Å². The predicted molar refractivity (Wildman–Crippen MR) is 126 cm³/mol. The second-order valence-corrected chi connectivity index (χ2v) is 8.47. The van der Waals surface area contributed by atoms with Crippen molar-refractivity contribution in [2.75, 3.05) is 13.1 Å². The van der Waals surface area contributed by atoms with E-state index in [1.54, 1.807) is 6.08 Å². The van der Waals surface area contributed by atoms with Crippen LogP contribution in [0.15, 0.2) is 42.5 Å². The van der Waals surface area contributed by atoms with Crippen LogP contribution in [0.4, 0.5) is 0 Å². The first-order valence-electron chi connectivity index (χ1n) is 10.9. The number of likely N-dealkylation sites (tertiary alicyclic amines) is 1. The molecule has 162 valence electrons. The van der Waals surface area contributed by atoms with Gasteiger partial charge >= 0.3 is 0 Å². The van der Waals surface area contributed by atoms with E-state index in [1.165, 1.54) is 0 Å². The number of aromatic amines is 1. The first-order valence-corrected chi connectivity index (χ1v) is 11.3. The lowest BCUT2D eigenvalue weighted by Gasteiger charge is -2.31. The Morgan fingerprint density at radius 1 is 1.29 bits per heavy atom. The molecular formula is C24H29N5OS. The van der Waals surface area contributed by atoms with Gasteiger partial charge in [-0.15, -0.1) is 0 Å². The number of nitrogens with zero attached hydrogens (tertiary/aromatic N) is 4. The van der Waals surface area contributed by atoms with E-state index in [0.29, 0.717) is 11.3 Å². The molecule has 0 bridgehead atoms. The number of carbonyl (C=O) groups is 1. The minimum absolute atomic E-state index is 0.0476. The number of carbonyl (C=O) groups excluding carboxylic acids is 1. The van der Waals surface area contributed by atoms with Crippen LogP contribution in [0.25, 0.3) is 11.8 Å². The molecule has 4 rings (SSSR count). The number of amides is 1. The molecule has 2 aromatic heterocycles. The van der Waals surface area contributed by atoms with E-state index in [9.17, 15) is 4.79 Å². The number of rotatable bonds is 5. The van der Waals surface area contributed by atoms with Gasteiger partial charge in [0.15, 0.2) is 4.77 Å². The summed E-state index contributed by atoms with van der Waals surface area (Å²) in [6.07, 6.45) is 5.63. The largest absolute Gasteiger partial charge is 0.338 e. The van der Waals surface area contributed by atoms with Crippen molar-refractivity contribution in [1.82, 2.24) is 24.2 Å². The average Bonchev–Trinajstić information content (AvgIpc) is 3.30. The molecule has 1 unspecified atom stereocenters. The summed E-state index contributed by atoms with van der Waals surface area (Å²) in [6, 6.07) is 12.4. The molecule has 1 aliphatic heterocycles. The molecule has 6 nitrogen and oxygen atoms in total. The van der Waals surface area contributed by atoms with Crippen molar-refractivity contribution < 1.29 is 4.79 Å². The molecule has 1 aliphatic rings. The third-order valence-electron chi connectivity index (χ3n) is 6.09. The van der Waals surface area contributed by atoms with Gasteiger partial charge in [-0.3, -0.25) is 9.89 Å². The fourth-order valence-corrected chi connectivity index (χ4v) is 4.80. The van der Waals surface area contributed by atoms with E-state index >= 15 is 0 Å². The standard InChI is InChI=1S/C24H29N5OS/c1-4-28-23(25-26-24(28)31)20-9-8-14-27(16-20)22(30)13-12-19-15-17(2)29(18(19)3)21-10-6-5-7-11-21/h5-7,10-13,15,20H,4,8-9,14,16H2,1-3H3,(H,26,31). The van der Waals surface area contributed by atoms with Crippen molar-refractivity contribution in [2.45, 2.75) is 46.1 Å². The second-order valence-electron chi connectivity index (χ2n) is 8.09. The molecule has 3 aromatic rings. The highest BCUT2D eigenvalue weighted by Crippen LogP contribution is 2.26. The number of piperidine rings is 1. The molecule has 0 spiro atoms. The normalized spacial score (nSPS) is 16.9. The Kier molecular flexibility index (Phi) is 6.23. The van der Waals surface area contributed by atoms with Crippen molar-refractivity contribution in [3.05, 3.63) is 70.0 Å². The van der Waals surface area contributed by atoms with Crippen LogP contribution in [0.5, 0.6) is 0 Å². The summed E-state index contributed by atoms with van der Waals surface area (Å²) in [7, 11) is 0. The van der Waals surface area contributed by atoms with E-state index in [0.717, 1.165) is 54.4 Å². The number of para-hydroxylation sites is 1. The van der Waals surface area contributed by atoms with Crippen LogP contribution in [0.1, 0.15) is 48.5 Å². The molecule has 0 aliphatic carbocycles. The van der Waals surface area contributed by atoms with Crippen molar-refractivity contribution in [3.63, 3.8) is 0 Å². The molecule has 7 heteroatoms. The number of benzene rings is 1. The quantitative estimate of drug-likeness (QED) is 0.463. The highest BCUT2D eigenvalue weighted by atomic mass is 32.1. The van der Waals surface area contributed by atoms with Gasteiger partial charge in [0.2, 0.25) is 5.91 Å². The van der Waals surface area contributed by atoms with Gasteiger partial charge in [0.1, 0.15) is 5.82 Å². The maximum absolute atomic E-state index is 13.0. The lowest BCUT2D eigenvalue weighted by Crippen LogP contribution is -2.38. The molecule has 0 saturated carbocycles. The van der Waals surface area contributed by atoms with Gasteiger partial charge in [0.05, 0.1) is 0 Å². The van der Waals surface area contributed by atoms with E-state index in [1.807, 2.05) is 33.7 Å². The predicted octanol–water partition coefficient (Wildman–Crippen LogP) is 4.79. The molecule has 1 aromatic carbocycles. The summed E-state index contributed by atoms with van der Waals surface area (Å²) < 4.78 is 4.89. The number of hydrogen-bond donors (Lipinski definition) is 1. The van der Waals surface area contributed by atoms with Crippen LogP contribution in [0, 0.1) is 18.6 Å². The molecule has 3 heterocycles. The van der Waals surface area contributed by atoms with Gasteiger partial charge in [-0.1, -0.05) is 18.2 Å². The highest BCUT2D eigenvalue weighted by molar-refractivity contribution is 7.71. The number of nitrogens with one attached hydrogen (secondary N) is 1. The van der Waals surface area contributed by atoms with Crippen LogP contribution in [-0.2, 0) is 11.3 Å². The summed E-state index contributed by atoms with van der Waals surface area (Å²) in [4.78, 5) is 14.9. The number of aryl methyl sites for hydroxylation is 1. The third kappa shape index (κ3) is 4.28. The summed E-state index contributed by atoms with van der Waals surface area (Å²) >= 11 is 5.33. The van der Waals surface area contributed by atoms with E-state index in [-0.39, 0.29) is 11.8 Å². The first-order chi connectivity index (χ1) is 15.0. The number of H-pyrrole nitrogens is 1. The van der Waals surface area contributed by atoms with Gasteiger partial charge in [0, 0.05) is 48.7 Å². The maximum Gasteiger partial charge on any atom is 0.246 e. The Morgan fingerprint density at radius 3 is 2.81 bits per heavy atom. The van der Waals surface area contributed by atoms with Crippen LogP contribution in [0.3, 0.4) is 0 Å². The summed E-state index contributed by atoms with van der Waals surface area (Å²) in [6.45, 7) is 8.48. The maximum atomic E-state index is 13.0. The van der Waals surface area contributed by atoms with Gasteiger partial charge in [-0.05, 0) is 75.7 Å². The third-order valence-corrected chi connectivity index (χ3v) is 6.40. The first kappa shape index (κ1) is 21.3. The van der Waals surface area contributed by atoms with Gasteiger partial charge in [0.25, 0.3) is 0 Å². The van der Waals surface area contributed by atoms with Crippen LogP contribution in [-0.4, -0.2) is 43.2 Å². The fraction of sp³-hybridized carbons (Fsp3) is 0.375. The average molecular weight is 436 g/mol. The molecule has 0 radical (unpaired) electrons. The lowest BCUT2D eigenvalue weighted by atomic mass is 9.97. The van der Waals surface area contributed by atoms with Crippen LogP contribution < -0.4 is 0 Å². The summed E-state index contributed by atoms with van der Waals surface area (Å²) in [5.41, 5.74) is 4.47. The minimum Gasteiger partial charge on any atom is -0.338 e. The smallest absolute Gasteiger partial charge is 0.246 e. The topological polar surface area (TPSA) is 58.9 Å². The lowest BCUT2D eigenvalue weighted by molar-refractivity contribution is -0.127. The molecule has 1 atom stereocenters. The van der Waals surface area contributed by atoms with Crippen LogP contribution in [0.2, 0.25) is 0 Å². The number of hydrogen-bond acceptors (Lipinski definition) is 3. The van der Waals surface area contributed by atoms with Crippen molar-refractivity contribution in [3.8, 4) is 5.69 Å². The zero-order valence-electron chi connectivity index (χ0n) is 18.3. The monoisotopic (exact) mass is 435 g/mol. The Hall–Kier alpha value is -2.93. The van der Waals surface area contributed by atoms with E-state index in [4.69, 9.17) is 12.2 Å². The minimum atomic E-state index is 0.0476. The SMILES string of the molecule is CCn1c(C2CCCN(C(=O)C=Cc3cc(C)n(-c4ccccc4)c3C)C2)n[nH]c1=S. The molecule has 1 amide bonds. The second kappa shape index (κ2) is 9.06. The molecule has 1 fully saturated rings. The summed E-state index contributed by atoms with van der Waals surface area (Å²) in [5.74, 6) is 1.22. The molecule has 31 heavy (non-hydrogen) atoms. The van der Waals surface area contributed by atoms with E-state index < -0.39 is 0 Å². The molecule has 1 saturated heterocycles. The van der Waals surface area contributed by atoms with Gasteiger partial charge < -0.3 is 14.0 Å². The zero-order chi connectivity index (χ0) is 22.0. The molecular weight excluding hydrogens is 406 g/mol. The van der Waals surface area contributed by atoms with Crippen molar-refractivity contribution >= 4 is 24.2 Å². The number of aromatic nitrogens is 4. The van der Waals surface area contributed by atoms with Crippen LogP contribution >= 0.6 is 12.2 Å². The van der Waals surface area contributed by atoms with Crippen molar-refractivity contribution in [2.24, 2.45) is 0 Å². The fourth-order valence-electron chi connectivity index (χ4n) is 4.53. The Morgan fingerprint density at radius 2 is 2.06 bits per heavy atom. The summed E-state index contributed by atoms with van der Waals surface area (Å²) in [5, 5.41) is 7.34. The Labute approximate surface area is 188 Å².